The smallest absolute Gasteiger partial charge is 0.404 e. The van der Waals surface area contributed by atoms with Gasteiger partial charge in [0.2, 0.25) is 0 Å². The minimum atomic E-state index is -3.67. The largest absolute Gasteiger partial charge is 0.530 e. The first-order chi connectivity index (χ1) is 12.1. The first-order valence-corrected chi connectivity index (χ1v) is 11.2. The molecule has 0 radical (unpaired) electrons. The molecule has 0 atom stereocenters. The van der Waals surface area contributed by atoms with E-state index in [4.69, 9.17) is 13.6 Å². The van der Waals surface area contributed by atoms with Gasteiger partial charge in [0, 0.05) is 0 Å². The molecule has 0 N–H and O–H groups in total. The van der Waals surface area contributed by atoms with E-state index in [1.165, 1.54) is 0 Å². The topological polar surface area (TPSA) is 44.8 Å². The highest BCUT2D eigenvalue weighted by Crippen LogP contribution is 2.53. The highest BCUT2D eigenvalue weighted by Gasteiger charge is 2.35. The fourth-order valence-corrected chi connectivity index (χ4v) is 4.50. The van der Waals surface area contributed by atoms with Crippen LogP contribution >= 0.6 is 7.82 Å². The Bertz CT molecular complexity index is 458. The molecule has 4 nitrogen and oxygen atoms in total. The van der Waals surface area contributed by atoms with E-state index in [2.05, 4.69) is 27.7 Å². The molecule has 0 unspecified atom stereocenters. The lowest BCUT2D eigenvalue weighted by Gasteiger charge is -2.27. The minimum absolute atomic E-state index is 0.103. The van der Waals surface area contributed by atoms with Crippen molar-refractivity contribution in [3.63, 3.8) is 0 Å². The van der Waals surface area contributed by atoms with Gasteiger partial charge in [-0.1, -0.05) is 71.6 Å². The van der Waals surface area contributed by atoms with Crippen molar-refractivity contribution < 1.29 is 18.1 Å². The number of para-hydroxylation sites is 1. The van der Waals surface area contributed by atoms with Crippen LogP contribution in [0.1, 0.15) is 79.1 Å². The first kappa shape index (κ1) is 22.2. The SMILES string of the molecule is CCCC(CCC)OP(=O)(Oc1ccccc1)OC(CCC)CCC. The van der Waals surface area contributed by atoms with Crippen LogP contribution in [0, 0.1) is 0 Å². The lowest BCUT2D eigenvalue weighted by molar-refractivity contribution is 0.0645. The maximum atomic E-state index is 13.4. The molecular formula is C20H35O4P. The van der Waals surface area contributed by atoms with Crippen LogP contribution in [-0.4, -0.2) is 12.2 Å². The fourth-order valence-electron chi connectivity index (χ4n) is 2.83. The summed E-state index contributed by atoms with van der Waals surface area (Å²) in [6.45, 7) is 8.42. The Kier molecular flexibility index (Phi) is 11.1. The van der Waals surface area contributed by atoms with Crippen LogP contribution in [0.2, 0.25) is 0 Å². The summed E-state index contributed by atoms with van der Waals surface area (Å²) in [4.78, 5) is 0. The van der Waals surface area contributed by atoms with Gasteiger partial charge in [-0.3, -0.25) is 9.05 Å². The zero-order valence-electron chi connectivity index (χ0n) is 16.3. The van der Waals surface area contributed by atoms with Crippen molar-refractivity contribution >= 4 is 7.82 Å². The molecule has 0 aliphatic heterocycles. The van der Waals surface area contributed by atoms with Gasteiger partial charge in [0.05, 0.1) is 12.2 Å². The molecule has 0 aliphatic carbocycles. The maximum Gasteiger partial charge on any atom is 0.530 e. The van der Waals surface area contributed by atoms with E-state index in [9.17, 15) is 4.57 Å². The Morgan fingerprint density at radius 1 is 0.760 bits per heavy atom. The Morgan fingerprint density at radius 3 is 1.52 bits per heavy atom. The zero-order valence-corrected chi connectivity index (χ0v) is 17.2. The first-order valence-electron chi connectivity index (χ1n) is 9.78. The predicted octanol–water partition coefficient (Wildman–Crippen LogP) is 7.14. The second-order valence-corrected chi connectivity index (χ2v) is 7.96. The van der Waals surface area contributed by atoms with E-state index in [0.717, 1.165) is 51.4 Å². The molecule has 1 aromatic rings. The van der Waals surface area contributed by atoms with Crippen molar-refractivity contribution in [3.05, 3.63) is 30.3 Å². The van der Waals surface area contributed by atoms with Gasteiger partial charge in [0.15, 0.2) is 0 Å². The molecule has 5 heteroatoms. The number of rotatable bonds is 14. The Balaban J connectivity index is 2.95. The highest BCUT2D eigenvalue weighted by atomic mass is 31.2. The normalized spacial score (nSPS) is 12.1. The van der Waals surface area contributed by atoms with Gasteiger partial charge in [-0.2, -0.15) is 0 Å². The van der Waals surface area contributed by atoms with Crippen LogP contribution in [-0.2, 0) is 13.6 Å². The quantitative estimate of drug-likeness (QED) is 0.326. The molecule has 0 heterocycles. The van der Waals surface area contributed by atoms with Crippen LogP contribution in [0.25, 0.3) is 0 Å². The van der Waals surface area contributed by atoms with Gasteiger partial charge >= 0.3 is 7.82 Å². The Morgan fingerprint density at radius 2 is 1.16 bits per heavy atom. The standard InChI is InChI=1S/C20H35O4P/c1-5-12-18(13-6-2)22-25(21,23-19(14-7-3)15-8-4)24-20-16-10-9-11-17-20/h9-11,16-19H,5-8,12-15H2,1-4H3. The number of hydrogen-bond acceptors (Lipinski definition) is 4. The van der Waals surface area contributed by atoms with E-state index >= 15 is 0 Å². The van der Waals surface area contributed by atoms with E-state index < -0.39 is 7.82 Å². The zero-order chi connectivity index (χ0) is 18.5. The number of phosphoric acid groups is 1. The Labute approximate surface area is 153 Å². The summed E-state index contributed by atoms with van der Waals surface area (Å²) >= 11 is 0. The lowest BCUT2D eigenvalue weighted by Crippen LogP contribution is -2.19. The number of phosphoric ester groups is 1. The third-order valence-corrected chi connectivity index (χ3v) is 5.51. The third-order valence-electron chi connectivity index (χ3n) is 3.96. The van der Waals surface area contributed by atoms with Crippen molar-refractivity contribution in [2.45, 2.75) is 91.3 Å². The van der Waals surface area contributed by atoms with Gasteiger partial charge in [-0.15, -0.1) is 0 Å². The molecular weight excluding hydrogens is 335 g/mol. The average Bonchev–Trinajstić information content (AvgIpc) is 2.56. The second-order valence-electron chi connectivity index (χ2n) is 6.46. The molecule has 0 spiro atoms. The molecule has 0 fully saturated rings. The molecule has 0 aliphatic rings. The Hall–Kier alpha value is -0.830. The molecule has 0 saturated carbocycles. The maximum absolute atomic E-state index is 13.4. The molecule has 1 aromatic carbocycles. The molecule has 0 bridgehead atoms. The van der Waals surface area contributed by atoms with Gasteiger partial charge in [-0.25, -0.2) is 4.57 Å². The van der Waals surface area contributed by atoms with E-state index in [1.807, 2.05) is 18.2 Å². The molecule has 0 amide bonds. The van der Waals surface area contributed by atoms with Crippen LogP contribution in [0.5, 0.6) is 5.75 Å². The number of benzene rings is 1. The molecule has 144 valence electrons. The van der Waals surface area contributed by atoms with E-state index in [1.54, 1.807) is 12.1 Å². The van der Waals surface area contributed by atoms with Crippen LogP contribution < -0.4 is 4.52 Å². The van der Waals surface area contributed by atoms with Gasteiger partial charge in [0.25, 0.3) is 0 Å². The van der Waals surface area contributed by atoms with Crippen molar-refractivity contribution in [1.82, 2.24) is 0 Å². The average molecular weight is 370 g/mol. The number of hydrogen-bond donors (Lipinski definition) is 0. The lowest BCUT2D eigenvalue weighted by atomic mass is 10.1. The summed E-state index contributed by atoms with van der Waals surface area (Å²) in [6, 6.07) is 9.16. The summed E-state index contributed by atoms with van der Waals surface area (Å²) < 4.78 is 31.1. The highest BCUT2D eigenvalue weighted by molar-refractivity contribution is 7.49. The summed E-state index contributed by atoms with van der Waals surface area (Å²) in [5.74, 6) is 0.518. The van der Waals surface area contributed by atoms with Crippen LogP contribution in [0.3, 0.4) is 0 Å². The monoisotopic (exact) mass is 370 g/mol. The molecule has 0 aromatic heterocycles. The molecule has 0 saturated heterocycles. The summed E-state index contributed by atoms with van der Waals surface area (Å²) in [5, 5.41) is 0. The molecule has 25 heavy (non-hydrogen) atoms. The van der Waals surface area contributed by atoms with Gasteiger partial charge in [0.1, 0.15) is 5.75 Å². The second kappa shape index (κ2) is 12.5. The van der Waals surface area contributed by atoms with Crippen molar-refractivity contribution in [3.8, 4) is 5.75 Å². The van der Waals surface area contributed by atoms with Crippen LogP contribution in [0.4, 0.5) is 0 Å². The minimum Gasteiger partial charge on any atom is -0.404 e. The van der Waals surface area contributed by atoms with Crippen molar-refractivity contribution in [2.24, 2.45) is 0 Å². The van der Waals surface area contributed by atoms with Crippen molar-refractivity contribution in [2.75, 3.05) is 0 Å². The molecule has 1 rings (SSSR count). The van der Waals surface area contributed by atoms with Gasteiger partial charge in [-0.05, 0) is 37.8 Å². The van der Waals surface area contributed by atoms with E-state index in [0.29, 0.717) is 5.75 Å². The van der Waals surface area contributed by atoms with Crippen molar-refractivity contribution in [1.29, 1.82) is 0 Å². The fraction of sp³-hybridized carbons (Fsp3) is 0.700. The van der Waals surface area contributed by atoms with E-state index in [-0.39, 0.29) is 12.2 Å². The predicted molar refractivity (Wildman–Crippen MR) is 104 cm³/mol. The third kappa shape index (κ3) is 8.89. The van der Waals surface area contributed by atoms with Gasteiger partial charge < -0.3 is 4.52 Å². The summed E-state index contributed by atoms with van der Waals surface area (Å²) in [6.07, 6.45) is 7.11. The van der Waals surface area contributed by atoms with Crippen LogP contribution in [0.15, 0.2) is 30.3 Å². The summed E-state index contributed by atoms with van der Waals surface area (Å²) in [7, 11) is -3.67. The summed E-state index contributed by atoms with van der Waals surface area (Å²) in [5.41, 5.74) is 0.